The Morgan fingerprint density at radius 2 is 2.29 bits per heavy atom. The second-order valence-corrected chi connectivity index (χ2v) is 5.59. The maximum absolute atomic E-state index is 12.6. The van der Waals surface area contributed by atoms with Crippen molar-refractivity contribution >= 4 is 39.1 Å². The van der Waals surface area contributed by atoms with Crippen LogP contribution in [0.25, 0.3) is 10.2 Å². The number of thiophene rings is 1. The smallest absolute Gasteiger partial charge is 0.266 e. The lowest BCUT2D eigenvalue weighted by atomic mass is 10.2. The van der Waals surface area contributed by atoms with Crippen molar-refractivity contribution < 1.29 is 14.3 Å². The van der Waals surface area contributed by atoms with E-state index in [0.717, 1.165) is 11.3 Å². The second kappa shape index (κ2) is 5.26. The first kappa shape index (κ1) is 13.7. The minimum absolute atomic E-state index is 0.103. The fourth-order valence-corrected chi connectivity index (χ4v) is 3.24. The Balaban J connectivity index is 1.99. The number of nitrogens with two attached hydrogens (primary N) is 2. The minimum atomic E-state index is -0.776. The predicted molar refractivity (Wildman–Crippen MR) is 76.7 cm³/mol. The molecule has 1 aliphatic rings. The highest BCUT2D eigenvalue weighted by Crippen LogP contribution is 2.33. The number of nitrogen functional groups attached to an aromatic ring is 1. The molecule has 2 aromatic rings. The summed E-state index contributed by atoms with van der Waals surface area (Å²) in [5, 5.41) is 8.40. The number of hydrogen-bond acceptors (Lipinski definition) is 7. The number of amides is 2. The summed E-state index contributed by atoms with van der Waals surface area (Å²) >= 11 is 1.16. The molecular weight excluding hydrogens is 294 g/mol. The Morgan fingerprint density at radius 1 is 1.48 bits per heavy atom. The molecule has 1 aliphatic heterocycles. The molecule has 0 saturated carbocycles. The van der Waals surface area contributed by atoms with E-state index in [1.54, 1.807) is 6.07 Å². The molecule has 0 aliphatic carbocycles. The standard InChI is InChI=1S/C12H13N5O3S/c13-8-6-1-2-15-16-11(6)21-9(8)12(19)17-3-4-20-5-7(17)10(14)18/h1-2,7H,3-5,13H2,(H2,14,18). The van der Waals surface area contributed by atoms with Crippen LogP contribution in [0.1, 0.15) is 9.67 Å². The zero-order valence-electron chi connectivity index (χ0n) is 11.0. The minimum Gasteiger partial charge on any atom is -0.397 e. The highest BCUT2D eigenvalue weighted by atomic mass is 32.1. The summed E-state index contributed by atoms with van der Waals surface area (Å²) in [6.45, 7) is 0.762. The molecule has 8 nitrogen and oxygen atoms in total. The molecule has 1 unspecified atom stereocenters. The number of hydrogen-bond donors (Lipinski definition) is 2. The summed E-state index contributed by atoms with van der Waals surface area (Å²) in [6.07, 6.45) is 1.51. The van der Waals surface area contributed by atoms with Gasteiger partial charge in [0.25, 0.3) is 5.91 Å². The van der Waals surface area contributed by atoms with Gasteiger partial charge in [-0.05, 0) is 6.07 Å². The summed E-state index contributed by atoms with van der Waals surface area (Å²) in [7, 11) is 0. The molecule has 0 bridgehead atoms. The van der Waals surface area contributed by atoms with E-state index in [-0.39, 0.29) is 12.5 Å². The van der Waals surface area contributed by atoms with Crippen LogP contribution >= 0.6 is 11.3 Å². The van der Waals surface area contributed by atoms with Crippen LogP contribution in [0.15, 0.2) is 12.3 Å². The number of nitrogens with zero attached hydrogens (tertiary/aromatic N) is 3. The molecule has 0 aromatic carbocycles. The summed E-state index contributed by atoms with van der Waals surface area (Å²) in [5.41, 5.74) is 11.7. The lowest BCUT2D eigenvalue weighted by Gasteiger charge is -2.33. The molecule has 21 heavy (non-hydrogen) atoms. The van der Waals surface area contributed by atoms with Gasteiger partial charge in [0.2, 0.25) is 5.91 Å². The zero-order chi connectivity index (χ0) is 15.0. The highest BCUT2D eigenvalue weighted by Gasteiger charge is 2.33. The average Bonchev–Trinajstić information content (AvgIpc) is 2.84. The number of rotatable bonds is 2. The van der Waals surface area contributed by atoms with Crippen LogP contribution in [0.5, 0.6) is 0 Å². The molecule has 2 amide bonds. The molecule has 110 valence electrons. The Hall–Kier alpha value is -2.26. The molecule has 0 spiro atoms. The third-order valence-electron chi connectivity index (χ3n) is 3.33. The van der Waals surface area contributed by atoms with Crippen LogP contribution in [0.2, 0.25) is 0 Å². The first-order valence-corrected chi connectivity index (χ1v) is 7.09. The second-order valence-electron chi connectivity index (χ2n) is 4.59. The van der Waals surface area contributed by atoms with Crippen molar-refractivity contribution in [3.05, 3.63) is 17.1 Å². The molecular formula is C12H13N5O3S. The molecule has 0 radical (unpaired) electrons. The average molecular weight is 307 g/mol. The van der Waals surface area contributed by atoms with Gasteiger partial charge in [0.05, 0.1) is 25.1 Å². The normalized spacial score (nSPS) is 18.9. The van der Waals surface area contributed by atoms with Crippen molar-refractivity contribution in [3.8, 4) is 0 Å². The van der Waals surface area contributed by atoms with E-state index < -0.39 is 11.9 Å². The van der Waals surface area contributed by atoms with Gasteiger partial charge in [0, 0.05) is 11.9 Å². The van der Waals surface area contributed by atoms with Gasteiger partial charge < -0.3 is 21.1 Å². The molecule has 3 rings (SSSR count). The number of carbonyl (C=O) groups excluding carboxylic acids is 2. The SMILES string of the molecule is NC(=O)C1COCCN1C(=O)c1sc2nnccc2c1N. The van der Waals surface area contributed by atoms with Crippen molar-refractivity contribution in [2.45, 2.75) is 6.04 Å². The Bertz CT molecular complexity index is 716. The Morgan fingerprint density at radius 3 is 3.00 bits per heavy atom. The van der Waals surface area contributed by atoms with Crippen molar-refractivity contribution in [2.24, 2.45) is 5.73 Å². The number of primary amides is 1. The molecule has 9 heteroatoms. The van der Waals surface area contributed by atoms with Gasteiger partial charge >= 0.3 is 0 Å². The lowest BCUT2D eigenvalue weighted by Crippen LogP contribution is -2.54. The quantitative estimate of drug-likeness (QED) is 0.778. The van der Waals surface area contributed by atoms with E-state index in [1.807, 2.05) is 0 Å². The molecule has 1 fully saturated rings. The van der Waals surface area contributed by atoms with Gasteiger partial charge in [0.15, 0.2) is 0 Å². The number of morpholine rings is 1. The van der Waals surface area contributed by atoms with Crippen molar-refractivity contribution in [1.82, 2.24) is 15.1 Å². The number of aromatic nitrogens is 2. The number of fused-ring (bicyclic) bond motifs is 1. The summed E-state index contributed by atoms with van der Waals surface area (Å²) in [6, 6.07) is 0.928. The zero-order valence-corrected chi connectivity index (χ0v) is 11.8. The summed E-state index contributed by atoms with van der Waals surface area (Å²) in [4.78, 5) is 26.4. The first-order valence-electron chi connectivity index (χ1n) is 6.27. The predicted octanol–water partition coefficient (Wildman–Crippen LogP) is -0.400. The van der Waals surface area contributed by atoms with E-state index in [9.17, 15) is 9.59 Å². The van der Waals surface area contributed by atoms with Gasteiger partial charge in [0.1, 0.15) is 15.7 Å². The first-order chi connectivity index (χ1) is 10.1. The van der Waals surface area contributed by atoms with Gasteiger partial charge in [-0.2, -0.15) is 5.10 Å². The van der Waals surface area contributed by atoms with Crippen LogP contribution < -0.4 is 11.5 Å². The monoisotopic (exact) mass is 307 g/mol. The maximum atomic E-state index is 12.6. The Kier molecular flexibility index (Phi) is 3.43. The van der Waals surface area contributed by atoms with Crippen molar-refractivity contribution in [2.75, 3.05) is 25.5 Å². The van der Waals surface area contributed by atoms with Gasteiger partial charge in [-0.3, -0.25) is 9.59 Å². The van der Waals surface area contributed by atoms with E-state index in [2.05, 4.69) is 10.2 Å². The van der Waals surface area contributed by atoms with Crippen LogP contribution in [0.3, 0.4) is 0 Å². The van der Waals surface area contributed by atoms with E-state index in [4.69, 9.17) is 16.2 Å². The fourth-order valence-electron chi connectivity index (χ4n) is 2.24. The largest absolute Gasteiger partial charge is 0.397 e. The van der Waals surface area contributed by atoms with E-state index in [1.165, 1.54) is 11.1 Å². The summed E-state index contributed by atoms with van der Waals surface area (Å²) < 4.78 is 5.20. The summed E-state index contributed by atoms with van der Waals surface area (Å²) in [5.74, 6) is -0.926. The maximum Gasteiger partial charge on any atom is 0.266 e. The van der Waals surface area contributed by atoms with Gasteiger partial charge in [-0.15, -0.1) is 16.4 Å². The molecule has 2 aromatic heterocycles. The third-order valence-corrected chi connectivity index (χ3v) is 4.43. The van der Waals surface area contributed by atoms with Gasteiger partial charge in [-0.1, -0.05) is 0 Å². The van der Waals surface area contributed by atoms with Crippen LogP contribution in [0.4, 0.5) is 5.69 Å². The molecule has 1 atom stereocenters. The van der Waals surface area contributed by atoms with Crippen LogP contribution in [0, 0.1) is 0 Å². The fraction of sp³-hybridized carbons (Fsp3) is 0.333. The molecule has 4 N–H and O–H groups in total. The third kappa shape index (κ3) is 2.30. The van der Waals surface area contributed by atoms with Crippen molar-refractivity contribution in [1.29, 1.82) is 0 Å². The number of anilines is 1. The van der Waals surface area contributed by atoms with E-state index >= 15 is 0 Å². The lowest BCUT2D eigenvalue weighted by molar-refractivity contribution is -0.127. The van der Waals surface area contributed by atoms with Crippen LogP contribution in [-0.2, 0) is 9.53 Å². The topological polar surface area (TPSA) is 124 Å². The van der Waals surface area contributed by atoms with Crippen molar-refractivity contribution in [3.63, 3.8) is 0 Å². The molecule has 3 heterocycles. The Labute approximate surface area is 123 Å². The van der Waals surface area contributed by atoms with Crippen LogP contribution in [-0.4, -0.2) is 52.7 Å². The highest BCUT2D eigenvalue weighted by molar-refractivity contribution is 7.21. The number of ether oxygens (including phenoxy) is 1. The molecule has 1 saturated heterocycles. The number of carbonyl (C=O) groups is 2. The van der Waals surface area contributed by atoms with E-state index in [0.29, 0.717) is 33.9 Å². The van der Waals surface area contributed by atoms with Gasteiger partial charge in [-0.25, -0.2) is 0 Å².